The van der Waals surface area contributed by atoms with Crippen molar-refractivity contribution >= 4 is 11.8 Å². The minimum Gasteiger partial charge on any atom is -0.486 e. The van der Waals surface area contributed by atoms with Crippen molar-refractivity contribution in [3.8, 4) is 11.5 Å². The number of hydrogen-bond donors (Lipinski definition) is 0. The summed E-state index contributed by atoms with van der Waals surface area (Å²) in [6, 6.07) is 7.13. The number of ether oxygens (including phenoxy) is 2. The molecular formula is C20H23N3O5. The zero-order chi connectivity index (χ0) is 19.5. The molecule has 0 radical (unpaired) electrons. The van der Waals surface area contributed by atoms with E-state index >= 15 is 0 Å². The summed E-state index contributed by atoms with van der Waals surface area (Å²) >= 11 is 0. The summed E-state index contributed by atoms with van der Waals surface area (Å²) in [4.78, 5) is 29.2. The topological polar surface area (TPSA) is 85.1 Å². The fraction of sp³-hybridized carbons (Fsp3) is 0.450. The fourth-order valence-electron chi connectivity index (χ4n) is 3.54. The van der Waals surface area contributed by atoms with Gasteiger partial charge < -0.3 is 23.8 Å². The fourth-order valence-corrected chi connectivity index (χ4v) is 3.54. The first-order valence-corrected chi connectivity index (χ1v) is 9.49. The van der Waals surface area contributed by atoms with Crippen LogP contribution in [0.1, 0.15) is 28.2 Å². The van der Waals surface area contributed by atoms with Gasteiger partial charge in [0.2, 0.25) is 5.91 Å². The number of hydrogen-bond acceptors (Lipinski definition) is 6. The van der Waals surface area contributed by atoms with Crippen LogP contribution < -0.4 is 9.47 Å². The molecule has 2 aliphatic heterocycles. The first-order chi connectivity index (χ1) is 13.6. The van der Waals surface area contributed by atoms with Gasteiger partial charge in [0.25, 0.3) is 5.91 Å². The van der Waals surface area contributed by atoms with Crippen molar-refractivity contribution < 1.29 is 23.6 Å². The summed E-state index contributed by atoms with van der Waals surface area (Å²) in [6.07, 6.45) is 0.908. The van der Waals surface area contributed by atoms with Crippen LogP contribution in [0, 0.1) is 6.92 Å². The maximum Gasteiger partial charge on any atom is 0.257 e. The van der Waals surface area contributed by atoms with Gasteiger partial charge in [-0.25, -0.2) is 0 Å². The second-order valence-electron chi connectivity index (χ2n) is 6.97. The normalized spacial score (nSPS) is 16.6. The first-order valence-electron chi connectivity index (χ1n) is 9.49. The predicted molar refractivity (Wildman–Crippen MR) is 99.5 cm³/mol. The number of aromatic nitrogens is 1. The maximum atomic E-state index is 13.1. The molecule has 0 saturated carbocycles. The number of rotatable bonds is 3. The largest absolute Gasteiger partial charge is 0.486 e. The van der Waals surface area contributed by atoms with Crippen LogP contribution in [0.4, 0.5) is 0 Å². The van der Waals surface area contributed by atoms with E-state index in [1.54, 1.807) is 34.1 Å². The zero-order valence-electron chi connectivity index (χ0n) is 15.8. The highest BCUT2D eigenvalue weighted by Crippen LogP contribution is 2.34. The Morgan fingerprint density at radius 3 is 2.68 bits per heavy atom. The van der Waals surface area contributed by atoms with Gasteiger partial charge in [0.1, 0.15) is 19.0 Å². The van der Waals surface area contributed by atoms with Crippen LogP contribution in [0.5, 0.6) is 11.5 Å². The van der Waals surface area contributed by atoms with E-state index in [1.165, 1.54) is 0 Å². The molecule has 1 aromatic carbocycles. The minimum absolute atomic E-state index is 0.0146. The van der Waals surface area contributed by atoms with Crippen LogP contribution >= 0.6 is 0 Å². The van der Waals surface area contributed by atoms with Crippen molar-refractivity contribution in [2.45, 2.75) is 19.8 Å². The van der Waals surface area contributed by atoms with Gasteiger partial charge in [0, 0.05) is 32.2 Å². The van der Waals surface area contributed by atoms with Gasteiger partial charge in [-0.3, -0.25) is 9.59 Å². The van der Waals surface area contributed by atoms with Crippen LogP contribution in [-0.4, -0.2) is 66.2 Å². The van der Waals surface area contributed by atoms with Gasteiger partial charge in [-0.1, -0.05) is 11.2 Å². The third kappa shape index (κ3) is 3.81. The van der Waals surface area contributed by atoms with Crippen molar-refractivity contribution in [1.29, 1.82) is 0 Å². The van der Waals surface area contributed by atoms with Crippen molar-refractivity contribution in [2.75, 3.05) is 39.4 Å². The molecule has 0 bridgehead atoms. The Kier molecular flexibility index (Phi) is 5.18. The van der Waals surface area contributed by atoms with E-state index < -0.39 is 0 Å². The number of para-hydroxylation sites is 1. The maximum absolute atomic E-state index is 13.1. The molecule has 0 N–H and O–H groups in total. The van der Waals surface area contributed by atoms with Crippen molar-refractivity contribution in [1.82, 2.24) is 15.0 Å². The summed E-state index contributed by atoms with van der Waals surface area (Å²) in [5.74, 6) is 1.57. The number of fused-ring (bicyclic) bond motifs is 1. The molecule has 1 fully saturated rings. The number of benzene rings is 1. The average Bonchev–Trinajstić information content (AvgIpc) is 2.97. The molecule has 4 rings (SSSR count). The van der Waals surface area contributed by atoms with Crippen molar-refractivity contribution in [2.24, 2.45) is 0 Å². The Morgan fingerprint density at radius 2 is 1.86 bits per heavy atom. The molecule has 1 saturated heterocycles. The highest BCUT2D eigenvalue weighted by Gasteiger charge is 2.27. The Labute approximate surface area is 163 Å². The first kappa shape index (κ1) is 18.3. The SMILES string of the molecule is Cc1cc(CC(=O)N2CCCN(C(=O)c3cccc4c3OCCO4)CC2)on1. The number of carbonyl (C=O) groups excluding carboxylic acids is 2. The highest BCUT2D eigenvalue weighted by atomic mass is 16.6. The standard InChI is InChI=1S/C20H23N3O5/c1-14-12-15(28-21-14)13-18(24)22-6-3-7-23(9-8-22)20(25)16-4-2-5-17-19(16)27-11-10-26-17/h2,4-5,12H,3,6-11,13H2,1H3. The summed E-state index contributed by atoms with van der Waals surface area (Å²) in [7, 11) is 0. The van der Waals surface area contributed by atoms with Crippen LogP contribution in [0.25, 0.3) is 0 Å². The van der Waals surface area contributed by atoms with Crippen LogP contribution in [0.2, 0.25) is 0 Å². The molecular weight excluding hydrogens is 362 g/mol. The Balaban J connectivity index is 1.41. The van der Waals surface area contributed by atoms with E-state index in [1.807, 2.05) is 6.92 Å². The molecule has 0 spiro atoms. The monoisotopic (exact) mass is 385 g/mol. The number of amides is 2. The van der Waals surface area contributed by atoms with E-state index in [-0.39, 0.29) is 18.2 Å². The smallest absolute Gasteiger partial charge is 0.257 e. The molecule has 1 aromatic heterocycles. The number of carbonyl (C=O) groups is 2. The number of aryl methyl sites for hydroxylation is 1. The van der Waals surface area contributed by atoms with Crippen LogP contribution in [0.3, 0.4) is 0 Å². The summed E-state index contributed by atoms with van der Waals surface area (Å²) in [6.45, 7) is 4.91. The van der Waals surface area contributed by atoms with Crippen LogP contribution in [0.15, 0.2) is 28.8 Å². The molecule has 8 heteroatoms. The summed E-state index contributed by atoms with van der Waals surface area (Å²) in [5, 5.41) is 3.82. The van der Waals surface area contributed by atoms with Gasteiger partial charge in [-0.15, -0.1) is 0 Å². The molecule has 3 heterocycles. The average molecular weight is 385 g/mol. The molecule has 28 heavy (non-hydrogen) atoms. The molecule has 0 unspecified atom stereocenters. The quantitative estimate of drug-likeness (QED) is 0.799. The Bertz CT molecular complexity index is 878. The zero-order valence-corrected chi connectivity index (χ0v) is 15.8. The third-order valence-electron chi connectivity index (χ3n) is 4.93. The molecule has 0 aliphatic carbocycles. The van der Waals surface area contributed by atoms with Gasteiger partial charge >= 0.3 is 0 Å². The van der Waals surface area contributed by atoms with Crippen molar-refractivity contribution in [3.63, 3.8) is 0 Å². The molecule has 2 aromatic rings. The van der Waals surface area contributed by atoms with E-state index in [2.05, 4.69) is 5.16 Å². The second-order valence-corrected chi connectivity index (χ2v) is 6.97. The predicted octanol–water partition coefficient (Wildman–Crippen LogP) is 1.67. The van der Waals surface area contributed by atoms with E-state index in [0.717, 1.165) is 12.1 Å². The lowest BCUT2D eigenvalue weighted by Gasteiger charge is -2.25. The molecule has 148 valence electrons. The lowest BCUT2D eigenvalue weighted by atomic mass is 10.1. The van der Waals surface area contributed by atoms with Crippen molar-refractivity contribution in [3.05, 3.63) is 41.3 Å². The number of nitrogens with zero attached hydrogens (tertiary/aromatic N) is 3. The molecule has 0 atom stereocenters. The Hall–Kier alpha value is -3.03. The second kappa shape index (κ2) is 7.92. The molecule has 2 amide bonds. The minimum atomic E-state index is -0.0949. The van der Waals surface area contributed by atoms with E-state index in [0.29, 0.717) is 62.2 Å². The van der Waals surface area contributed by atoms with Gasteiger partial charge in [0.15, 0.2) is 11.5 Å². The highest BCUT2D eigenvalue weighted by molar-refractivity contribution is 5.98. The van der Waals surface area contributed by atoms with Crippen LogP contribution in [-0.2, 0) is 11.2 Å². The Morgan fingerprint density at radius 1 is 1.07 bits per heavy atom. The van der Waals surface area contributed by atoms with Gasteiger partial charge in [-0.2, -0.15) is 0 Å². The van der Waals surface area contributed by atoms with Gasteiger partial charge in [-0.05, 0) is 25.5 Å². The van der Waals surface area contributed by atoms with E-state index in [9.17, 15) is 9.59 Å². The lowest BCUT2D eigenvalue weighted by Crippen LogP contribution is -2.38. The van der Waals surface area contributed by atoms with Gasteiger partial charge in [0.05, 0.1) is 17.7 Å². The molecule has 8 nitrogen and oxygen atoms in total. The van der Waals surface area contributed by atoms with E-state index in [4.69, 9.17) is 14.0 Å². The lowest BCUT2D eigenvalue weighted by molar-refractivity contribution is -0.130. The summed E-state index contributed by atoms with van der Waals surface area (Å²) in [5.41, 5.74) is 1.27. The molecule has 2 aliphatic rings. The third-order valence-corrected chi connectivity index (χ3v) is 4.93. The summed E-state index contributed by atoms with van der Waals surface area (Å²) < 4.78 is 16.4.